The summed E-state index contributed by atoms with van der Waals surface area (Å²) >= 11 is 2.41. The second kappa shape index (κ2) is 5.17. The molecule has 86 valence electrons. The quantitative estimate of drug-likeness (QED) is 0.613. The van der Waals surface area contributed by atoms with Gasteiger partial charge in [0.1, 0.15) is 0 Å². The van der Waals surface area contributed by atoms with Crippen LogP contribution in [-0.2, 0) is 6.42 Å². The first kappa shape index (κ1) is 11.9. The molecular formula is C13H17IN2. The molecule has 0 spiro atoms. The van der Waals surface area contributed by atoms with Crippen LogP contribution in [0.1, 0.15) is 37.6 Å². The molecule has 0 aromatic carbocycles. The molecule has 2 rings (SSSR count). The fourth-order valence-corrected chi connectivity index (χ4v) is 2.66. The molecule has 0 aliphatic rings. The van der Waals surface area contributed by atoms with Crippen molar-refractivity contribution in [1.82, 2.24) is 9.61 Å². The fraction of sp³-hybridized carbons (Fsp3) is 0.462. The number of aromatic nitrogens is 2. The second-order valence-corrected chi connectivity index (χ2v) is 5.37. The zero-order valence-corrected chi connectivity index (χ0v) is 12.0. The predicted octanol–water partition coefficient (Wildman–Crippen LogP) is 3.98. The fourth-order valence-electron chi connectivity index (χ4n) is 1.98. The van der Waals surface area contributed by atoms with Crippen LogP contribution >= 0.6 is 22.6 Å². The molecule has 0 atom stereocenters. The summed E-state index contributed by atoms with van der Waals surface area (Å²) in [5.74, 6) is 0. The summed E-state index contributed by atoms with van der Waals surface area (Å²) in [4.78, 5) is 0. The standard InChI is InChI=1S/C13H17IN2/c1-3-4-5-6-13-12(14)8-7-11-9-10(2)15-16(11)13/h7-9H,3-6H2,1-2H3. The highest BCUT2D eigenvalue weighted by molar-refractivity contribution is 14.1. The third-order valence-corrected chi connectivity index (χ3v) is 3.79. The summed E-state index contributed by atoms with van der Waals surface area (Å²) in [6, 6.07) is 6.47. The summed E-state index contributed by atoms with van der Waals surface area (Å²) in [6.45, 7) is 4.29. The summed E-state index contributed by atoms with van der Waals surface area (Å²) < 4.78 is 3.43. The monoisotopic (exact) mass is 328 g/mol. The molecule has 0 fully saturated rings. The molecule has 0 bridgehead atoms. The summed E-state index contributed by atoms with van der Waals surface area (Å²) in [5, 5.41) is 4.56. The minimum absolute atomic E-state index is 1.10. The van der Waals surface area contributed by atoms with Gasteiger partial charge in [-0.1, -0.05) is 19.8 Å². The van der Waals surface area contributed by atoms with Gasteiger partial charge in [0, 0.05) is 3.57 Å². The van der Waals surface area contributed by atoms with E-state index in [1.54, 1.807) is 0 Å². The van der Waals surface area contributed by atoms with E-state index in [1.165, 1.54) is 34.0 Å². The van der Waals surface area contributed by atoms with Crippen molar-refractivity contribution in [2.24, 2.45) is 0 Å². The average molecular weight is 328 g/mol. The molecule has 0 aliphatic carbocycles. The number of rotatable bonds is 4. The van der Waals surface area contributed by atoms with E-state index in [1.807, 2.05) is 0 Å². The van der Waals surface area contributed by atoms with Crippen LogP contribution < -0.4 is 0 Å². The first-order valence-corrected chi connectivity index (χ1v) is 6.94. The van der Waals surface area contributed by atoms with Gasteiger partial charge in [-0.05, 0) is 60.6 Å². The van der Waals surface area contributed by atoms with Gasteiger partial charge in [0.2, 0.25) is 0 Å². The van der Waals surface area contributed by atoms with Crippen LogP contribution in [-0.4, -0.2) is 9.61 Å². The Morgan fingerprint density at radius 1 is 1.31 bits per heavy atom. The number of aryl methyl sites for hydroxylation is 2. The van der Waals surface area contributed by atoms with E-state index >= 15 is 0 Å². The third kappa shape index (κ3) is 2.39. The van der Waals surface area contributed by atoms with Crippen LogP contribution in [0, 0.1) is 10.5 Å². The Morgan fingerprint density at radius 3 is 2.88 bits per heavy atom. The van der Waals surface area contributed by atoms with Gasteiger partial charge in [0.25, 0.3) is 0 Å². The Balaban J connectivity index is 2.36. The zero-order valence-electron chi connectivity index (χ0n) is 9.83. The number of hydrogen-bond donors (Lipinski definition) is 0. The Bertz CT molecular complexity index is 488. The van der Waals surface area contributed by atoms with Gasteiger partial charge in [0.15, 0.2) is 0 Å². The second-order valence-electron chi connectivity index (χ2n) is 4.21. The van der Waals surface area contributed by atoms with Crippen LogP contribution in [0.15, 0.2) is 18.2 Å². The molecule has 0 saturated heterocycles. The summed E-state index contributed by atoms with van der Waals surface area (Å²) in [7, 11) is 0. The van der Waals surface area contributed by atoms with E-state index in [0.29, 0.717) is 0 Å². The van der Waals surface area contributed by atoms with Crippen LogP contribution in [0.2, 0.25) is 0 Å². The van der Waals surface area contributed by atoms with Gasteiger partial charge >= 0.3 is 0 Å². The Morgan fingerprint density at radius 2 is 2.12 bits per heavy atom. The molecule has 0 N–H and O–H groups in total. The molecule has 2 heterocycles. The van der Waals surface area contributed by atoms with Crippen LogP contribution in [0.4, 0.5) is 0 Å². The Hall–Kier alpha value is -0.580. The number of unbranched alkanes of at least 4 members (excludes halogenated alkanes) is 2. The maximum atomic E-state index is 4.56. The van der Waals surface area contributed by atoms with Crippen molar-refractivity contribution < 1.29 is 0 Å². The largest absolute Gasteiger partial charge is 0.236 e. The van der Waals surface area contributed by atoms with Crippen molar-refractivity contribution in [3.8, 4) is 0 Å². The van der Waals surface area contributed by atoms with E-state index in [9.17, 15) is 0 Å². The molecule has 0 radical (unpaired) electrons. The molecule has 16 heavy (non-hydrogen) atoms. The maximum absolute atomic E-state index is 4.56. The minimum atomic E-state index is 1.10. The van der Waals surface area contributed by atoms with Gasteiger partial charge in [-0.15, -0.1) is 0 Å². The van der Waals surface area contributed by atoms with E-state index in [4.69, 9.17) is 0 Å². The smallest absolute Gasteiger partial charge is 0.0668 e. The number of halogens is 1. The van der Waals surface area contributed by atoms with Crippen molar-refractivity contribution in [2.45, 2.75) is 39.5 Å². The normalized spacial score (nSPS) is 11.2. The molecule has 2 aromatic heterocycles. The topological polar surface area (TPSA) is 17.3 Å². The molecule has 2 aromatic rings. The first-order valence-electron chi connectivity index (χ1n) is 5.86. The van der Waals surface area contributed by atoms with Crippen molar-refractivity contribution in [3.05, 3.63) is 33.2 Å². The number of fused-ring (bicyclic) bond motifs is 1. The lowest BCUT2D eigenvalue weighted by Crippen LogP contribution is -2.02. The van der Waals surface area contributed by atoms with Gasteiger partial charge in [-0.3, -0.25) is 0 Å². The van der Waals surface area contributed by atoms with Crippen molar-refractivity contribution >= 4 is 28.1 Å². The van der Waals surface area contributed by atoms with Crippen LogP contribution in [0.3, 0.4) is 0 Å². The van der Waals surface area contributed by atoms with Crippen molar-refractivity contribution in [3.63, 3.8) is 0 Å². The Kier molecular flexibility index (Phi) is 3.84. The highest BCUT2D eigenvalue weighted by Crippen LogP contribution is 2.18. The van der Waals surface area contributed by atoms with Crippen LogP contribution in [0.25, 0.3) is 5.52 Å². The molecule has 0 unspecified atom stereocenters. The lowest BCUT2D eigenvalue weighted by Gasteiger charge is -2.07. The molecular weight excluding hydrogens is 311 g/mol. The number of nitrogens with zero attached hydrogens (tertiary/aromatic N) is 2. The van der Waals surface area contributed by atoms with Gasteiger partial charge in [0.05, 0.1) is 16.9 Å². The van der Waals surface area contributed by atoms with Gasteiger partial charge in [-0.25, -0.2) is 4.52 Å². The maximum Gasteiger partial charge on any atom is 0.0668 e. The van der Waals surface area contributed by atoms with E-state index in [-0.39, 0.29) is 0 Å². The zero-order chi connectivity index (χ0) is 11.5. The lowest BCUT2D eigenvalue weighted by atomic mass is 10.1. The van der Waals surface area contributed by atoms with Crippen LogP contribution in [0.5, 0.6) is 0 Å². The minimum Gasteiger partial charge on any atom is -0.236 e. The predicted molar refractivity (Wildman–Crippen MR) is 75.9 cm³/mol. The lowest BCUT2D eigenvalue weighted by molar-refractivity contribution is 0.687. The molecule has 0 aliphatic heterocycles. The van der Waals surface area contributed by atoms with E-state index in [0.717, 1.165) is 12.1 Å². The highest BCUT2D eigenvalue weighted by Gasteiger charge is 2.07. The van der Waals surface area contributed by atoms with Crippen molar-refractivity contribution in [2.75, 3.05) is 0 Å². The SMILES string of the molecule is CCCCCc1c(I)ccc2cc(C)nn12. The molecule has 3 heteroatoms. The highest BCUT2D eigenvalue weighted by atomic mass is 127. The molecule has 2 nitrogen and oxygen atoms in total. The Labute approximate surface area is 110 Å². The first-order chi connectivity index (χ1) is 7.72. The van der Waals surface area contributed by atoms with Gasteiger partial charge in [-0.2, -0.15) is 5.10 Å². The summed E-state index contributed by atoms with van der Waals surface area (Å²) in [5.41, 5.74) is 3.67. The molecule has 0 amide bonds. The van der Waals surface area contributed by atoms with E-state index in [2.05, 4.69) is 64.3 Å². The number of hydrogen-bond acceptors (Lipinski definition) is 1. The number of pyridine rings is 1. The van der Waals surface area contributed by atoms with Crippen molar-refractivity contribution in [1.29, 1.82) is 0 Å². The third-order valence-electron chi connectivity index (χ3n) is 2.81. The average Bonchev–Trinajstić information content (AvgIpc) is 2.62. The van der Waals surface area contributed by atoms with Gasteiger partial charge < -0.3 is 0 Å². The molecule has 0 saturated carbocycles. The summed E-state index contributed by atoms with van der Waals surface area (Å²) in [6.07, 6.45) is 4.95. The van der Waals surface area contributed by atoms with E-state index < -0.39 is 0 Å².